The van der Waals surface area contributed by atoms with Gasteiger partial charge in [0.05, 0.1) is 21.3 Å². The van der Waals surface area contributed by atoms with Crippen LogP contribution >= 0.6 is 0 Å². The molecule has 0 radical (unpaired) electrons. The summed E-state index contributed by atoms with van der Waals surface area (Å²) in [7, 11) is 5.42. The van der Waals surface area contributed by atoms with E-state index in [4.69, 9.17) is 13.9 Å². The van der Waals surface area contributed by atoms with Crippen molar-refractivity contribution in [1.29, 1.82) is 0 Å². The minimum Gasteiger partial charge on any atom is -0.497 e. The van der Waals surface area contributed by atoms with Crippen LogP contribution in [0.3, 0.4) is 0 Å². The number of ether oxygens (including phenoxy) is 2. The standard InChI is InChI=1S/C24H29NO4/c1-15(2)20-12-21-18(10-24(26)29-23(21)9-16(20)3)14-25(4)13-17-7-8-19(27-5)11-22(17)28-6/h7-12,15H,13-14H2,1-6H3/p+1. The first-order valence-corrected chi connectivity index (χ1v) is 9.91. The van der Waals surface area contributed by atoms with Crippen LogP contribution in [-0.4, -0.2) is 21.3 Å². The molecule has 1 unspecified atom stereocenters. The molecular weight excluding hydrogens is 366 g/mol. The van der Waals surface area contributed by atoms with Crippen molar-refractivity contribution in [1.82, 2.24) is 0 Å². The average Bonchev–Trinajstić information content (AvgIpc) is 2.67. The van der Waals surface area contributed by atoms with E-state index < -0.39 is 0 Å². The summed E-state index contributed by atoms with van der Waals surface area (Å²) in [5.74, 6) is 1.98. The van der Waals surface area contributed by atoms with E-state index in [1.165, 1.54) is 10.5 Å². The average molecular weight is 397 g/mol. The van der Waals surface area contributed by atoms with Crippen LogP contribution in [0.5, 0.6) is 11.5 Å². The summed E-state index contributed by atoms with van der Waals surface area (Å²) < 4.78 is 16.3. The van der Waals surface area contributed by atoms with E-state index in [0.717, 1.165) is 40.1 Å². The molecule has 0 aliphatic rings. The number of hydrogen-bond donors (Lipinski definition) is 1. The highest BCUT2D eigenvalue weighted by molar-refractivity contribution is 5.82. The predicted molar refractivity (Wildman–Crippen MR) is 115 cm³/mol. The van der Waals surface area contributed by atoms with Crippen LogP contribution in [0.15, 0.2) is 45.6 Å². The van der Waals surface area contributed by atoms with Gasteiger partial charge in [-0.15, -0.1) is 0 Å². The molecule has 3 rings (SSSR count). The fourth-order valence-corrected chi connectivity index (χ4v) is 3.87. The summed E-state index contributed by atoms with van der Waals surface area (Å²) in [5, 5.41) is 1.01. The third-order valence-corrected chi connectivity index (χ3v) is 5.32. The van der Waals surface area contributed by atoms with Crippen molar-refractivity contribution in [3.63, 3.8) is 0 Å². The van der Waals surface area contributed by atoms with Gasteiger partial charge in [-0.05, 0) is 48.2 Å². The van der Waals surface area contributed by atoms with Gasteiger partial charge in [-0.2, -0.15) is 0 Å². The molecule has 0 aliphatic heterocycles. The first-order valence-electron chi connectivity index (χ1n) is 9.91. The lowest BCUT2D eigenvalue weighted by Crippen LogP contribution is -3.06. The number of rotatable bonds is 7. The topological polar surface area (TPSA) is 53.1 Å². The molecule has 2 aromatic carbocycles. The fourth-order valence-electron chi connectivity index (χ4n) is 3.87. The van der Waals surface area contributed by atoms with Crippen LogP contribution < -0.4 is 20.0 Å². The molecule has 0 amide bonds. The molecule has 5 heteroatoms. The largest absolute Gasteiger partial charge is 0.497 e. The molecule has 1 aromatic heterocycles. The summed E-state index contributed by atoms with van der Waals surface area (Å²) in [5.41, 5.74) is 4.88. The van der Waals surface area contributed by atoms with Crippen molar-refractivity contribution in [2.75, 3.05) is 21.3 Å². The first-order chi connectivity index (χ1) is 13.8. The molecule has 1 heterocycles. The highest BCUT2D eigenvalue weighted by Gasteiger charge is 2.16. The third-order valence-electron chi connectivity index (χ3n) is 5.32. The minimum absolute atomic E-state index is 0.306. The van der Waals surface area contributed by atoms with Crippen LogP contribution in [0.25, 0.3) is 11.0 Å². The Morgan fingerprint density at radius 1 is 1.00 bits per heavy atom. The van der Waals surface area contributed by atoms with Crippen molar-refractivity contribution < 1.29 is 18.8 Å². The lowest BCUT2D eigenvalue weighted by molar-refractivity contribution is -0.907. The molecule has 29 heavy (non-hydrogen) atoms. The Bertz CT molecular complexity index is 1070. The molecule has 1 N–H and O–H groups in total. The second-order valence-electron chi connectivity index (χ2n) is 7.94. The van der Waals surface area contributed by atoms with Crippen molar-refractivity contribution in [2.45, 2.75) is 39.8 Å². The molecule has 1 atom stereocenters. The summed E-state index contributed by atoms with van der Waals surface area (Å²) >= 11 is 0. The predicted octanol–water partition coefficient (Wildman–Crippen LogP) is 3.46. The minimum atomic E-state index is -0.306. The van der Waals surface area contributed by atoms with Crippen LogP contribution in [0, 0.1) is 6.92 Å². The van der Waals surface area contributed by atoms with Crippen LogP contribution in [0.4, 0.5) is 0 Å². The van der Waals surface area contributed by atoms with Crippen molar-refractivity contribution in [3.05, 3.63) is 69.1 Å². The van der Waals surface area contributed by atoms with Gasteiger partial charge >= 0.3 is 5.63 Å². The number of quaternary nitrogens is 1. The van der Waals surface area contributed by atoms with Crippen LogP contribution in [-0.2, 0) is 13.1 Å². The Morgan fingerprint density at radius 3 is 2.38 bits per heavy atom. The number of methoxy groups -OCH3 is 2. The van der Waals surface area contributed by atoms with Gasteiger partial charge in [0.1, 0.15) is 30.2 Å². The fraction of sp³-hybridized carbons (Fsp3) is 0.375. The van der Waals surface area contributed by atoms with E-state index in [0.29, 0.717) is 18.0 Å². The number of benzene rings is 2. The normalized spacial score (nSPS) is 12.4. The second-order valence-corrected chi connectivity index (χ2v) is 7.94. The number of nitrogens with one attached hydrogen (secondary N) is 1. The van der Waals surface area contributed by atoms with E-state index in [2.05, 4.69) is 33.9 Å². The summed E-state index contributed by atoms with van der Waals surface area (Å²) in [4.78, 5) is 13.4. The van der Waals surface area contributed by atoms with Crippen LogP contribution in [0.2, 0.25) is 0 Å². The van der Waals surface area contributed by atoms with Gasteiger partial charge in [-0.1, -0.05) is 13.8 Å². The SMILES string of the molecule is COc1ccc(C[NH+](C)Cc2cc(=O)oc3cc(C)c(C(C)C)cc23)c(OC)c1. The zero-order valence-electron chi connectivity index (χ0n) is 18.1. The number of aryl methyl sites for hydroxylation is 1. The Hall–Kier alpha value is -2.79. The van der Waals surface area contributed by atoms with Crippen molar-refractivity contribution in [3.8, 4) is 11.5 Å². The Labute approximate surface area is 171 Å². The molecule has 0 aliphatic carbocycles. The summed E-state index contributed by atoms with van der Waals surface area (Å²) in [6, 6.07) is 11.6. The Kier molecular flexibility index (Phi) is 6.28. The maximum Gasteiger partial charge on any atom is 0.336 e. The maximum absolute atomic E-state index is 12.1. The van der Waals surface area contributed by atoms with E-state index in [9.17, 15) is 4.79 Å². The number of hydrogen-bond acceptors (Lipinski definition) is 4. The zero-order valence-corrected chi connectivity index (χ0v) is 18.1. The van der Waals surface area contributed by atoms with E-state index in [1.807, 2.05) is 24.3 Å². The van der Waals surface area contributed by atoms with Gasteiger partial charge in [0.2, 0.25) is 0 Å². The molecule has 0 bridgehead atoms. The Morgan fingerprint density at radius 2 is 1.72 bits per heavy atom. The van der Waals surface area contributed by atoms with Gasteiger partial charge in [-0.3, -0.25) is 0 Å². The number of fused-ring (bicyclic) bond motifs is 1. The van der Waals surface area contributed by atoms with Gasteiger partial charge in [0.25, 0.3) is 0 Å². The highest BCUT2D eigenvalue weighted by Crippen LogP contribution is 2.27. The van der Waals surface area contributed by atoms with Crippen molar-refractivity contribution >= 4 is 11.0 Å². The van der Waals surface area contributed by atoms with E-state index in [1.54, 1.807) is 20.3 Å². The second kappa shape index (κ2) is 8.70. The molecule has 154 valence electrons. The molecular formula is C24H30NO4+. The molecule has 0 fully saturated rings. The highest BCUT2D eigenvalue weighted by atomic mass is 16.5. The summed E-state index contributed by atoms with van der Waals surface area (Å²) in [6.07, 6.45) is 0. The Balaban J connectivity index is 1.93. The van der Waals surface area contributed by atoms with Gasteiger partial charge in [0.15, 0.2) is 0 Å². The molecule has 0 spiro atoms. The maximum atomic E-state index is 12.1. The zero-order chi connectivity index (χ0) is 21.1. The molecule has 0 saturated carbocycles. The van der Waals surface area contributed by atoms with Crippen LogP contribution in [0.1, 0.15) is 42.0 Å². The lowest BCUT2D eigenvalue weighted by Gasteiger charge is -2.18. The van der Waals surface area contributed by atoms with Gasteiger partial charge < -0.3 is 18.8 Å². The lowest BCUT2D eigenvalue weighted by atomic mass is 9.95. The molecule has 0 saturated heterocycles. The molecule has 5 nitrogen and oxygen atoms in total. The third kappa shape index (κ3) is 4.62. The quantitative estimate of drug-likeness (QED) is 0.622. The van der Waals surface area contributed by atoms with Gasteiger partial charge in [0, 0.05) is 28.6 Å². The smallest absolute Gasteiger partial charge is 0.336 e. The monoisotopic (exact) mass is 396 g/mol. The van der Waals surface area contributed by atoms with Crippen molar-refractivity contribution in [2.24, 2.45) is 0 Å². The van der Waals surface area contributed by atoms with Gasteiger partial charge in [-0.25, -0.2) is 4.79 Å². The molecule has 3 aromatic rings. The van der Waals surface area contributed by atoms with E-state index in [-0.39, 0.29) is 5.63 Å². The summed E-state index contributed by atoms with van der Waals surface area (Å²) in [6.45, 7) is 7.89. The first kappa shape index (κ1) is 20.9. The van der Waals surface area contributed by atoms with E-state index >= 15 is 0 Å².